The highest BCUT2D eigenvalue weighted by Crippen LogP contribution is 2.24. The highest BCUT2D eigenvalue weighted by Gasteiger charge is 2.17. The van der Waals surface area contributed by atoms with Crippen LogP contribution >= 0.6 is 15.9 Å². The van der Waals surface area contributed by atoms with Crippen molar-refractivity contribution < 1.29 is 19.6 Å². The zero-order chi connectivity index (χ0) is 17.7. The van der Waals surface area contributed by atoms with Crippen molar-refractivity contribution in [1.82, 2.24) is 5.43 Å². The molecule has 0 saturated carbocycles. The van der Waals surface area contributed by atoms with E-state index < -0.39 is 10.8 Å². The molecule has 0 bridgehead atoms. The lowest BCUT2D eigenvalue weighted by molar-refractivity contribution is -0.384. The summed E-state index contributed by atoms with van der Waals surface area (Å²) in [5.41, 5.74) is 2.67. The molecule has 9 heteroatoms. The van der Waals surface area contributed by atoms with E-state index in [1.54, 1.807) is 12.1 Å². The van der Waals surface area contributed by atoms with Gasteiger partial charge in [0, 0.05) is 12.1 Å². The van der Waals surface area contributed by atoms with Gasteiger partial charge in [0.05, 0.1) is 28.3 Å². The van der Waals surface area contributed by atoms with Gasteiger partial charge in [0.15, 0.2) is 0 Å². The Balaban J connectivity index is 2.17. The van der Waals surface area contributed by atoms with Gasteiger partial charge in [0.1, 0.15) is 11.5 Å². The number of nitrogens with zero attached hydrogens (tertiary/aromatic N) is 2. The van der Waals surface area contributed by atoms with Gasteiger partial charge in [-0.05, 0) is 45.8 Å². The molecular weight excluding hydrogens is 382 g/mol. The van der Waals surface area contributed by atoms with Gasteiger partial charge in [0.25, 0.3) is 11.6 Å². The summed E-state index contributed by atoms with van der Waals surface area (Å²) in [6.45, 7) is 0. The molecule has 0 saturated heterocycles. The number of aromatic hydroxyl groups is 1. The van der Waals surface area contributed by atoms with E-state index in [9.17, 15) is 20.0 Å². The third-order valence-corrected chi connectivity index (χ3v) is 3.63. The third kappa shape index (κ3) is 4.07. The van der Waals surface area contributed by atoms with Crippen LogP contribution in [0.1, 0.15) is 15.9 Å². The molecule has 1 amide bonds. The van der Waals surface area contributed by atoms with E-state index in [0.29, 0.717) is 10.0 Å². The van der Waals surface area contributed by atoms with Crippen LogP contribution < -0.4 is 10.2 Å². The van der Waals surface area contributed by atoms with Crippen molar-refractivity contribution in [3.05, 3.63) is 62.1 Å². The molecule has 2 aromatic carbocycles. The van der Waals surface area contributed by atoms with E-state index in [2.05, 4.69) is 26.5 Å². The highest BCUT2D eigenvalue weighted by atomic mass is 79.9. The zero-order valence-corrected chi connectivity index (χ0v) is 14.0. The van der Waals surface area contributed by atoms with Gasteiger partial charge in [-0.15, -0.1) is 0 Å². The van der Waals surface area contributed by atoms with Gasteiger partial charge in [-0.25, -0.2) is 5.43 Å². The molecular formula is C15H12BrN3O5. The maximum absolute atomic E-state index is 12.1. The van der Waals surface area contributed by atoms with E-state index in [1.165, 1.54) is 31.5 Å². The fourth-order valence-electron chi connectivity index (χ4n) is 1.82. The second-order valence-electron chi connectivity index (χ2n) is 4.55. The number of hydrazone groups is 1. The summed E-state index contributed by atoms with van der Waals surface area (Å²) in [4.78, 5) is 22.3. The molecule has 0 aromatic heterocycles. The molecule has 0 fully saturated rings. The lowest BCUT2D eigenvalue weighted by Gasteiger charge is -2.06. The van der Waals surface area contributed by atoms with Crippen molar-refractivity contribution in [2.75, 3.05) is 7.11 Å². The van der Waals surface area contributed by atoms with Crippen LogP contribution in [0.4, 0.5) is 5.69 Å². The van der Waals surface area contributed by atoms with E-state index in [0.717, 1.165) is 6.07 Å². The fourth-order valence-corrected chi connectivity index (χ4v) is 2.21. The van der Waals surface area contributed by atoms with Crippen molar-refractivity contribution in [3.8, 4) is 11.5 Å². The SMILES string of the molecule is COc1ccc([N+](=O)[O-])cc1C(=O)N/N=C\c1ccc(O)c(Br)c1. The molecule has 0 radical (unpaired) electrons. The number of rotatable bonds is 5. The molecule has 2 N–H and O–H groups in total. The van der Waals surface area contributed by atoms with Gasteiger partial charge in [0.2, 0.25) is 0 Å². The van der Waals surface area contributed by atoms with Crippen molar-refractivity contribution >= 4 is 33.7 Å². The van der Waals surface area contributed by atoms with E-state index in [4.69, 9.17) is 4.74 Å². The van der Waals surface area contributed by atoms with Crippen LogP contribution in [-0.2, 0) is 0 Å². The first-order valence-corrected chi connectivity index (χ1v) is 7.36. The van der Waals surface area contributed by atoms with Gasteiger partial charge in [-0.3, -0.25) is 14.9 Å². The van der Waals surface area contributed by atoms with Crippen LogP contribution in [0.2, 0.25) is 0 Å². The molecule has 24 heavy (non-hydrogen) atoms. The number of non-ortho nitro benzene ring substituents is 1. The number of ether oxygens (including phenoxy) is 1. The summed E-state index contributed by atoms with van der Waals surface area (Å²) < 4.78 is 5.51. The van der Waals surface area contributed by atoms with Crippen LogP contribution in [0.3, 0.4) is 0 Å². The molecule has 124 valence electrons. The molecule has 0 spiro atoms. The molecule has 8 nitrogen and oxygen atoms in total. The van der Waals surface area contributed by atoms with Crippen molar-refractivity contribution in [3.63, 3.8) is 0 Å². The standard InChI is InChI=1S/C15H12BrN3O5/c1-24-14-5-3-10(19(22)23)7-11(14)15(21)18-17-8-9-2-4-13(20)12(16)6-9/h2-8,20H,1H3,(H,18,21)/b17-8-. The van der Waals surface area contributed by atoms with Crippen LogP contribution in [0.5, 0.6) is 11.5 Å². The molecule has 0 heterocycles. The van der Waals surface area contributed by atoms with Crippen LogP contribution in [0.15, 0.2) is 46.0 Å². The van der Waals surface area contributed by atoms with Crippen molar-refractivity contribution in [2.24, 2.45) is 5.10 Å². The number of amides is 1. The number of phenols is 1. The normalized spacial score (nSPS) is 10.6. The van der Waals surface area contributed by atoms with E-state index >= 15 is 0 Å². The van der Waals surface area contributed by atoms with Crippen molar-refractivity contribution in [2.45, 2.75) is 0 Å². The van der Waals surface area contributed by atoms with Gasteiger partial charge in [-0.2, -0.15) is 5.10 Å². The number of methoxy groups -OCH3 is 1. The van der Waals surface area contributed by atoms with Crippen LogP contribution in [-0.4, -0.2) is 29.3 Å². The molecule has 0 unspecified atom stereocenters. The second kappa shape index (κ2) is 7.55. The molecule has 0 aliphatic rings. The number of hydrogen-bond donors (Lipinski definition) is 2. The third-order valence-electron chi connectivity index (χ3n) is 2.99. The first kappa shape index (κ1) is 17.4. The minimum atomic E-state index is -0.648. The smallest absolute Gasteiger partial charge is 0.275 e. The molecule has 0 aliphatic heterocycles. The largest absolute Gasteiger partial charge is 0.507 e. The first-order chi connectivity index (χ1) is 11.4. The highest BCUT2D eigenvalue weighted by molar-refractivity contribution is 9.10. The number of phenolic OH excluding ortho intramolecular Hbond substituents is 1. The predicted molar refractivity (Wildman–Crippen MR) is 90.5 cm³/mol. The molecule has 2 aromatic rings. The number of halogens is 1. The lowest BCUT2D eigenvalue weighted by atomic mass is 10.1. The average molecular weight is 394 g/mol. The topological polar surface area (TPSA) is 114 Å². The molecule has 0 atom stereocenters. The predicted octanol–water partition coefficient (Wildman–Crippen LogP) is 2.84. The quantitative estimate of drug-likeness (QED) is 0.460. The minimum Gasteiger partial charge on any atom is -0.507 e. The monoisotopic (exact) mass is 393 g/mol. The number of nitro benzene ring substituents is 1. The van der Waals surface area contributed by atoms with Crippen molar-refractivity contribution in [1.29, 1.82) is 0 Å². The molecule has 2 rings (SSSR count). The Morgan fingerprint density at radius 2 is 2.12 bits per heavy atom. The summed E-state index contributed by atoms with van der Waals surface area (Å²) in [6.07, 6.45) is 1.37. The number of benzene rings is 2. The average Bonchev–Trinajstić information content (AvgIpc) is 2.57. The number of nitro groups is 1. The Hall–Kier alpha value is -2.94. The zero-order valence-electron chi connectivity index (χ0n) is 12.4. The number of hydrogen-bond acceptors (Lipinski definition) is 6. The van der Waals surface area contributed by atoms with Gasteiger partial charge >= 0.3 is 0 Å². The summed E-state index contributed by atoms with van der Waals surface area (Å²) in [7, 11) is 1.36. The van der Waals surface area contributed by atoms with Crippen LogP contribution in [0.25, 0.3) is 0 Å². The maximum Gasteiger partial charge on any atom is 0.275 e. The Kier molecular flexibility index (Phi) is 5.48. The maximum atomic E-state index is 12.1. The lowest BCUT2D eigenvalue weighted by Crippen LogP contribution is -2.18. The van der Waals surface area contributed by atoms with Gasteiger partial charge < -0.3 is 9.84 Å². The fraction of sp³-hybridized carbons (Fsp3) is 0.0667. The summed E-state index contributed by atoms with van der Waals surface area (Å²) in [5.74, 6) is -0.372. The summed E-state index contributed by atoms with van der Waals surface area (Å²) in [6, 6.07) is 8.38. The number of carbonyl (C=O) groups is 1. The second-order valence-corrected chi connectivity index (χ2v) is 5.41. The Labute approximate surface area is 145 Å². The number of carbonyl (C=O) groups excluding carboxylic acids is 1. The van der Waals surface area contributed by atoms with Gasteiger partial charge in [-0.1, -0.05) is 0 Å². The van der Waals surface area contributed by atoms with E-state index in [1.807, 2.05) is 0 Å². The Morgan fingerprint density at radius 3 is 2.75 bits per heavy atom. The van der Waals surface area contributed by atoms with Crippen LogP contribution in [0, 0.1) is 10.1 Å². The summed E-state index contributed by atoms with van der Waals surface area (Å²) in [5, 5.41) is 24.0. The number of nitrogens with one attached hydrogen (secondary N) is 1. The first-order valence-electron chi connectivity index (χ1n) is 6.56. The Bertz CT molecular complexity index is 823. The minimum absolute atomic E-state index is 0.00395. The molecule has 0 aliphatic carbocycles. The summed E-state index contributed by atoms with van der Waals surface area (Å²) >= 11 is 3.16. The Morgan fingerprint density at radius 1 is 1.38 bits per heavy atom. The van der Waals surface area contributed by atoms with E-state index in [-0.39, 0.29) is 22.7 Å².